The van der Waals surface area contributed by atoms with Gasteiger partial charge in [0.1, 0.15) is 31.0 Å². The zero-order valence-electron chi connectivity index (χ0n) is 41.6. The summed E-state index contributed by atoms with van der Waals surface area (Å²) in [6.07, 6.45) is 9.50. The molecule has 368 valence electrons. The van der Waals surface area contributed by atoms with E-state index in [-0.39, 0.29) is 35.5 Å². The third-order valence-electron chi connectivity index (χ3n) is 15.4. The number of H-pyrrole nitrogens is 1. The Morgan fingerprint density at radius 3 is 1.73 bits per heavy atom. The molecule has 0 bridgehead atoms. The predicted molar refractivity (Wildman–Crippen MR) is 265 cm³/mol. The van der Waals surface area contributed by atoms with Crippen LogP contribution in [0.2, 0.25) is 25.7 Å². The Bertz CT molecular complexity index is 2910. The van der Waals surface area contributed by atoms with Crippen molar-refractivity contribution in [3.8, 4) is 0 Å². The highest BCUT2D eigenvalue weighted by atomic mass is 28.3. The van der Waals surface area contributed by atoms with Crippen LogP contribution >= 0.6 is 0 Å². The number of aromatic amines is 1. The van der Waals surface area contributed by atoms with E-state index in [1.807, 2.05) is 25.5 Å². The molecule has 6 aromatic heterocycles. The van der Waals surface area contributed by atoms with Crippen molar-refractivity contribution in [1.29, 1.82) is 0 Å². The number of carbonyl (C=O) groups excluding carboxylic acids is 2. The lowest BCUT2D eigenvalue weighted by atomic mass is 10.2. The summed E-state index contributed by atoms with van der Waals surface area (Å²) in [7, 11) is -1.12. The van der Waals surface area contributed by atoms with Gasteiger partial charge in [0, 0.05) is 63.6 Å². The van der Waals surface area contributed by atoms with Gasteiger partial charge in [-0.2, -0.15) is 10.2 Å². The van der Waals surface area contributed by atoms with Crippen molar-refractivity contribution in [2.75, 3.05) is 42.6 Å². The van der Waals surface area contributed by atoms with Crippen molar-refractivity contribution >= 4 is 31.5 Å². The minimum atomic E-state index is -1.12. The third-order valence-corrected chi connectivity index (χ3v) is 17.1. The molecule has 20 heteroatoms. The number of rotatable bonds is 15. The lowest BCUT2D eigenvalue weighted by Crippen LogP contribution is -2.29. The Morgan fingerprint density at radius 1 is 0.700 bits per heavy atom. The molecule has 3 N–H and O–H groups in total. The van der Waals surface area contributed by atoms with E-state index in [1.54, 1.807) is 22.0 Å². The maximum Gasteiger partial charge on any atom is 0.291 e. The summed E-state index contributed by atoms with van der Waals surface area (Å²) in [6, 6.07) is 9.34. The highest BCUT2D eigenvalue weighted by molar-refractivity contribution is 6.76. The van der Waals surface area contributed by atoms with Gasteiger partial charge in [0.2, 0.25) is 11.6 Å². The molecule has 2 aliphatic heterocycles. The maximum atomic E-state index is 13.0. The van der Waals surface area contributed by atoms with Crippen molar-refractivity contribution in [3.63, 3.8) is 0 Å². The molecule has 6 atom stereocenters. The van der Waals surface area contributed by atoms with Crippen LogP contribution in [0.15, 0.2) is 36.9 Å². The largest absolute Gasteiger partial charge is 0.360 e. The van der Waals surface area contributed by atoms with E-state index < -0.39 is 8.07 Å². The third kappa shape index (κ3) is 9.76. The van der Waals surface area contributed by atoms with E-state index in [0.29, 0.717) is 19.8 Å². The van der Waals surface area contributed by atoms with E-state index in [2.05, 4.69) is 102 Å². The average Bonchev–Trinajstić information content (AvgIpc) is 3.92. The second kappa shape index (κ2) is 18.5. The molecule has 4 unspecified atom stereocenters. The van der Waals surface area contributed by atoms with Crippen LogP contribution in [-0.2, 0) is 37.4 Å². The number of anilines is 2. The minimum absolute atomic E-state index is 0.0880. The number of pyridine rings is 2. The van der Waals surface area contributed by atoms with Gasteiger partial charge in [0.25, 0.3) is 11.8 Å². The van der Waals surface area contributed by atoms with E-state index in [9.17, 15) is 9.59 Å². The first-order valence-electron chi connectivity index (χ1n) is 25.2. The van der Waals surface area contributed by atoms with Crippen LogP contribution in [0.1, 0.15) is 115 Å². The van der Waals surface area contributed by atoms with Crippen LogP contribution in [0, 0.1) is 51.4 Å². The van der Waals surface area contributed by atoms with Crippen LogP contribution < -0.4 is 20.4 Å². The van der Waals surface area contributed by atoms with Crippen molar-refractivity contribution in [2.24, 2.45) is 23.7 Å². The Balaban J connectivity index is 0.000000156. The van der Waals surface area contributed by atoms with Gasteiger partial charge in [0.15, 0.2) is 0 Å². The number of aryl methyl sites for hydroxylation is 3. The van der Waals surface area contributed by atoms with Crippen LogP contribution in [0.25, 0.3) is 0 Å². The fourth-order valence-electron chi connectivity index (χ4n) is 10.8. The molecular formula is C50H66N16O3Si. The van der Waals surface area contributed by atoms with Crippen molar-refractivity contribution < 1.29 is 14.3 Å². The number of carbonyl (C=O) groups is 2. The second-order valence-electron chi connectivity index (χ2n) is 21.8. The molecule has 2 amide bonds. The normalized spacial score (nSPS) is 22.6. The number of fused-ring (bicyclic) bond motifs is 4. The number of amides is 2. The number of nitrogens with one attached hydrogen (secondary N) is 3. The van der Waals surface area contributed by atoms with Gasteiger partial charge in [-0.25, -0.2) is 34.0 Å². The molecule has 4 aliphatic carbocycles. The van der Waals surface area contributed by atoms with Crippen LogP contribution in [0.5, 0.6) is 0 Å². The molecule has 2 saturated heterocycles. The molecule has 4 fully saturated rings. The molecule has 8 heterocycles. The van der Waals surface area contributed by atoms with Crippen molar-refractivity contribution in [2.45, 2.75) is 124 Å². The minimum Gasteiger partial charge on any atom is -0.360 e. The molecule has 6 aromatic rings. The second-order valence-corrected chi connectivity index (χ2v) is 27.4. The van der Waals surface area contributed by atoms with Gasteiger partial charge in [0.05, 0.1) is 36.6 Å². The monoisotopic (exact) mass is 967 g/mol. The molecule has 0 radical (unpaired) electrons. The highest BCUT2D eigenvalue weighted by Gasteiger charge is 2.46. The molecule has 0 aromatic carbocycles. The lowest BCUT2D eigenvalue weighted by Gasteiger charge is -2.20. The van der Waals surface area contributed by atoms with Gasteiger partial charge < -0.3 is 25.2 Å². The van der Waals surface area contributed by atoms with Gasteiger partial charge >= 0.3 is 0 Å². The maximum absolute atomic E-state index is 13.0. The Hall–Kier alpha value is -6.28. The summed E-state index contributed by atoms with van der Waals surface area (Å²) in [6.45, 7) is 22.0. The fraction of sp³-hybridized carbons (Fsp3) is 0.560. The predicted octanol–water partition coefficient (Wildman–Crippen LogP) is 5.66. The summed E-state index contributed by atoms with van der Waals surface area (Å²) in [4.78, 5) is 48.7. The number of piperidine rings is 2. The number of hydrogen-bond acceptors (Lipinski definition) is 13. The van der Waals surface area contributed by atoms with Gasteiger partial charge in [-0.05, 0) is 130 Å². The molecule has 12 rings (SSSR count). The summed E-state index contributed by atoms with van der Waals surface area (Å²) in [5.41, 5.74) is 10.6. The number of nitrogens with zero attached hydrogens (tertiary/aromatic N) is 13. The summed E-state index contributed by atoms with van der Waals surface area (Å²) >= 11 is 0. The zero-order valence-corrected chi connectivity index (χ0v) is 42.6. The summed E-state index contributed by atoms with van der Waals surface area (Å²) in [5.74, 6) is 5.46. The highest BCUT2D eigenvalue weighted by Crippen LogP contribution is 2.47. The Morgan fingerprint density at radius 2 is 1.21 bits per heavy atom. The van der Waals surface area contributed by atoms with E-state index in [0.717, 1.165) is 145 Å². The average molecular weight is 967 g/mol. The van der Waals surface area contributed by atoms with E-state index >= 15 is 0 Å². The molecular weight excluding hydrogens is 901 g/mol. The molecule has 19 nitrogen and oxygen atoms in total. The number of ether oxygens (including phenoxy) is 1. The summed E-state index contributed by atoms with van der Waals surface area (Å²) < 4.78 is 11.2. The number of hydrogen-bond donors (Lipinski definition) is 3. The van der Waals surface area contributed by atoms with Gasteiger partial charge in [-0.1, -0.05) is 31.8 Å². The fourth-order valence-corrected chi connectivity index (χ4v) is 11.6. The Labute approximate surface area is 409 Å². The van der Waals surface area contributed by atoms with Gasteiger partial charge in [-0.15, -0.1) is 10.2 Å². The quantitative estimate of drug-likeness (QED) is 0.0841. The molecule has 2 saturated carbocycles. The first-order chi connectivity index (χ1) is 33.7. The Kier molecular flexibility index (Phi) is 12.2. The zero-order chi connectivity index (χ0) is 48.4. The SMILES string of the molecule is Cc1nc(N2CC3CC3C2)ccc1Cn1cnc(C(=O)N[C@@H]2CCc3c2n[nH]c3C)n1.Cc1nc(N2CC3CC3C2)ccc1Cn1cnc(C(=O)N[C@@H]2CCc3c2nn(COCC[Si](C)(C)C)c3C)n1. The first kappa shape index (κ1) is 46.1. The molecule has 70 heavy (non-hydrogen) atoms. The van der Waals surface area contributed by atoms with E-state index in [1.165, 1.54) is 24.0 Å². The standard InChI is InChI=1S/C28H40N8O2Si.C22H26N8O/c1-18-20(6-9-25(30-18)34-13-21-12-22(21)14-34)15-35-16-29-27(33-35)28(37)31-24-8-7-23-19(2)36(32-26(23)24)17-38-10-11-39(3,4)5;1-12-14(3-6-19(24-12)29-8-15-7-16(15)9-29)10-30-11-23-21(28-30)22(31)25-18-5-4-17-13(2)26-27-20(17)18/h6,9,16,21-22,24H,7-8,10-15,17H2,1-5H3,(H,31,37);3,6,11,15-16,18H,4-5,7-10H2,1-2H3,(H,25,31)(H,26,27)/t21?,22?,24-;15?,16?,18-/m11/s1. The van der Waals surface area contributed by atoms with E-state index in [4.69, 9.17) is 19.8 Å². The number of aromatic nitrogens is 12. The first-order valence-corrected chi connectivity index (χ1v) is 28.9. The molecule has 0 spiro atoms. The van der Waals surface area contributed by atoms with Crippen molar-refractivity contribution in [3.05, 3.63) is 105 Å². The van der Waals surface area contributed by atoms with Gasteiger partial charge in [-0.3, -0.25) is 14.7 Å². The van der Waals surface area contributed by atoms with Crippen LogP contribution in [-0.4, -0.2) is 112 Å². The van der Waals surface area contributed by atoms with Crippen LogP contribution in [0.4, 0.5) is 11.6 Å². The lowest BCUT2D eigenvalue weighted by molar-refractivity contribution is 0.0763. The molecule has 6 aliphatic rings. The van der Waals surface area contributed by atoms with Crippen LogP contribution in [0.3, 0.4) is 0 Å². The topological polar surface area (TPSA) is 208 Å². The summed E-state index contributed by atoms with van der Waals surface area (Å²) in [5, 5.41) is 27.1. The smallest absolute Gasteiger partial charge is 0.291 e. The van der Waals surface area contributed by atoms with Crippen molar-refractivity contribution in [1.82, 2.24) is 70.1 Å².